The first-order valence-electron chi connectivity index (χ1n) is 5.58. The Hall–Kier alpha value is -0.570. The largest absolute Gasteiger partial charge is 0.481 e. The first-order valence-corrected chi connectivity index (χ1v) is 5.58. The predicted molar refractivity (Wildman–Crippen MR) is 54.3 cm³/mol. The molecule has 1 aliphatic carbocycles. The minimum absolute atomic E-state index is 0.271. The van der Waals surface area contributed by atoms with E-state index in [0.29, 0.717) is 0 Å². The topological polar surface area (TPSA) is 46.5 Å². The number of unbranched alkanes of at least 4 members (excludes halogenated alkanes) is 1. The standard InChI is InChI=1S/C11H20O3/c12-11(13)7-3-4-8-14-9-10-5-1-2-6-10/h10H,1-9H2,(H,12,13). The maximum absolute atomic E-state index is 10.2. The van der Waals surface area contributed by atoms with Crippen molar-refractivity contribution in [1.82, 2.24) is 0 Å². The first-order chi connectivity index (χ1) is 6.79. The molecule has 0 radical (unpaired) electrons. The van der Waals surface area contributed by atoms with E-state index in [1.807, 2.05) is 0 Å². The van der Waals surface area contributed by atoms with Crippen molar-refractivity contribution in [3.63, 3.8) is 0 Å². The number of hydrogen-bond acceptors (Lipinski definition) is 2. The number of ether oxygens (including phenoxy) is 1. The Morgan fingerprint density at radius 2 is 2.00 bits per heavy atom. The molecule has 0 unspecified atom stereocenters. The summed E-state index contributed by atoms with van der Waals surface area (Å²) in [6, 6.07) is 0. The molecular weight excluding hydrogens is 180 g/mol. The first kappa shape index (κ1) is 11.5. The zero-order valence-electron chi connectivity index (χ0n) is 8.71. The molecule has 0 atom stereocenters. The molecule has 3 heteroatoms. The molecule has 1 saturated carbocycles. The van der Waals surface area contributed by atoms with Crippen molar-refractivity contribution in [2.75, 3.05) is 13.2 Å². The molecule has 0 aromatic heterocycles. The van der Waals surface area contributed by atoms with Crippen molar-refractivity contribution in [1.29, 1.82) is 0 Å². The molecule has 0 saturated heterocycles. The van der Waals surface area contributed by atoms with Crippen LogP contribution in [0.2, 0.25) is 0 Å². The summed E-state index contributed by atoms with van der Waals surface area (Å²) in [5, 5.41) is 8.40. The highest BCUT2D eigenvalue weighted by Gasteiger charge is 2.14. The second-order valence-corrected chi connectivity index (χ2v) is 4.08. The van der Waals surface area contributed by atoms with E-state index in [0.717, 1.165) is 32.0 Å². The maximum atomic E-state index is 10.2. The van der Waals surface area contributed by atoms with E-state index < -0.39 is 5.97 Å². The van der Waals surface area contributed by atoms with Gasteiger partial charge < -0.3 is 9.84 Å². The fourth-order valence-electron chi connectivity index (χ4n) is 1.91. The van der Waals surface area contributed by atoms with Gasteiger partial charge in [0.25, 0.3) is 0 Å². The highest BCUT2D eigenvalue weighted by atomic mass is 16.5. The van der Waals surface area contributed by atoms with E-state index in [1.165, 1.54) is 25.7 Å². The Kier molecular flexibility index (Phi) is 5.60. The zero-order chi connectivity index (χ0) is 10.2. The van der Waals surface area contributed by atoms with Crippen molar-refractivity contribution in [2.45, 2.75) is 44.9 Å². The molecule has 0 aromatic carbocycles. The maximum Gasteiger partial charge on any atom is 0.303 e. The lowest BCUT2D eigenvalue weighted by Gasteiger charge is -2.09. The third-order valence-electron chi connectivity index (χ3n) is 2.76. The van der Waals surface area contributed by atoms with Gasteiger partial charge in [0, 0.05) is 19.6 Å². The number of carboxylic acid groups (broad SMARTS) is 1. The van der Waals surface area contributed by atoms with Gasteiger partial charge in [-0.15, -0.1) is 0 Å². The molecule has 0 aliphatic heterocycles. The molecular formula is C11H20O3. The molecule has 14 heavy (non-hydrogen) atoms. The van der Waals surface area contributed by atoms with Crippen LogP contribution in [-0.2, 0) is 9.53 Å². The van der Waals surface area contributed by atoms with Crippen LogP contribution in [0.5, 0.6) is 0 Å². The van der Waals surface area contributed by atoms with Crippen molar-refractivity contribution in [2.24, 2.45) is 5.92 Å². The normalized spacial score (nSPS) is 17.4. The van der Waals surface area contributed by atoms with E-state index in [1.54, 1.807) is 0 Å². The molecule has 1 fully saturated rings. The average Bonchev–Trinajstić information content (AvgIpc) is 2.63. The van der Waals surface area contributed by atoms with Gasteiger partial charge in [0.05, 0.1) is 0 Å². The molecule has 1 rings (SSSR count). The van der Waals surface area contributed by atoms with E-state index in [-0.39, 0.29) is 6.42 Å². The smallest absolute Gasteiger partial charge is 0.303 e. The van der Waals surface area contributed by atoms with E-state index in [9.17, 15) is 4.79 Å². The summed E-state index contributed by atoms with van der Waals surface area (Å²) in [7, 11) is 0. The summed E-state index contributed by atoms with van der Waals surface area (Å²) in [6.07, 6.45) is 7.22. The number of carbonyl (C=O) groups is 1. The Balaban J connectivity index is 1.82. The van der Waals surface area contributed by atoms with E-state index >= 15 is 0 Å². The van der Waals surface area contributed by atoms with Crippen LogP contribution in [0.25, 0.3) is 0 Å². The Morgan fingerprint density at radius 3 is 2.64 bits per heavy atom. The molecule has 0 aromatic rings. The van der Waals surface area contributed by atoms with Gasteiger partial charge in [-0.3, -0.25) is 4.79 Å². The molecule has 0 amide bonds. The van der Waals surface area contributed by atoms with Gasteiger partial charge in [-0.05, 0) is 31.6 Å². The van der Waals surface area contributed by atoms with Crippen LogP contribution in [0.3, 0.4) is 0 Å². The highest BCUT2D eigenvalue weighted by Crippen LogP contribution is 2.24. The fraction of sp³-hybridized carbons (Fsp3) is 0.909. The van der Waals surface area contributed by atoms with Crippen LogP contribution in [0.4, 0.5) is 0 Å². The monoisotopic (exact) mass is 200 g/mol. The summed E-state index contributed by atoms with van der Waals surface area (Å²) >= 11 is 0. The van der Waals surface area contributed by atoms with Crippen LogP contribution in [0.15, 0.2) is 0 Å². The second-order valence-electron chi connectivity index (χ2n) is 4.08. The lowest BCUT2D eigenvalue weighted by Crippen LogP contribution is -2.06. The third kappa shape index (κ3) is 5.22. The Labute approximate surface area is 85.5 Å². The second kappa shape index (κ2) is 6.82. The number of aliphatic carboxylic acids is 1. The molecule has 1 N–H and O–H groups in total. The lowest BCUT2D eigenvalue weighted by molar-refractivity contribution is -0.137. The van der Waals surface area contributed by atoms with Crippen LogP contribution < -0.4 is 0 Å². The molecule has 0 bridgehead atoms. The lowest BCUT2D eigenvalue weighted by atomic mass is 10.1. The van der Waals surface area contributed by atoms with Crippen molar-refractivity contribution in [3.8, 4) is 0 Å². The predicted octanol–water partition coefficient (Wildman–Crippen LogP) is 2.45. The van der Waals surface area contributed by atoms with Crippen LogP contribution in [-0.4, -0.2) is 24.3 Å². The molecule has 1 aliphatic rings. The molecule has 0 spiro atoms. The number of rotatable bonds is 7. The minimum Gasteiger partial charge on any atom is -0.481 e. The third-order valence-corrected chi connectivity index (χ3v) is 2.76. The SMILES string of the molecule is O=C(O)CCCCOCC1CCCC1. The number of carboxylic acids is 1. The van der Waals surface area contributed by atoms with Gasteiger partial charge in [0.2, 0.25) is 0 Å². The fourth-order valence-corrected chi connectivity index (χ4v) is 1.91. The van der Waals surface area contributed by atoms with Gasteiger partial charge in [-0.1, -0.05) is 12.8 Å². The molecule has 0 heterocycles. The van der Waals surface area contributed by atoms with Gasteiger partial charge in [-0.2, -0.15) is 0 Å². The van der Waals surface area contributed by atoms with Crippen LogP contribution in [0, 0.1) is 5.92 Å². The molecule has 82 valence electrons. The quantitative estimate of drug-likeness (QED) is 0.642. The summed E-state index contributed by atoms with van der Waals surface area (Å²) in [5.41, 5.74) is 0. The Morgan fingerprint density at radius 1 is 1.29 bits per heavy atom. The van der Waals surface area contributed by atoms with Crippen molar-refractivity contribution >= 4 is 5.97 Å². The summed E-state index contributed by atoms with van der Waals surface area (Å²) < 4.78 is 5.51. The minimum atomic E-state index is -0.708. The van der Waals surface area contributed by atoms with Crippen LogP contribution in [0.1, 0.15) is 44.9 Å². The zero-order valence-corrected chi connectivity index (χ0v) is 8.71. The Bertz CT molecular complexity index is 162. The van der Waals surface area contributed by atoms with Crippen molar-refractivity contribution < 1.29 is 14.6 Å². The number of hydrogen-bond donors (Lipinski definition) is 1. The van der Waals surface area contributed by atoms with Gasteiger partial charge in [0.15, 0.2) is 0 Å². The average molecular weight is 200 g/mol. The highest BCUT2D eigenvalue weighted by molar-refractivity contribution is 5.66. The summed E-state index contributed by atoms with van der Waals surface area (Å²) in [5.74, 6) is 0.0651. The van der Waals surface area contributed by atoms with Crippen LogP contribution >= 0.6 is 0 Å². The summed E-state index contributed by atoms with van der Waals surface area (Å²) in [6.45, 7) is 1.61. The van der Waals surface area contributed by atoms with Gasteiger partial charge >= 0.3 is 5.97 Å². The summed E-state index contributed by atoms with van der Waals surface area (Å²) in [4.78, 5) is 10.2. The van der Waals surface area contributed by atoms with Gasteiger partial charge in [-0.25, -0.2) is 0 Å². The van der Waals surface area contributed by atoms with Crippen molar-refractivity contribution in [3.05, 3.63) is 0 Å². The van der Waals surface area contributed by atoms with Gasteiger partial charge in [0.1, 0.15) is 0 Å². The molecule has 3 nitrogen and oxygen atoms in total. The van der Waals surface area contributed by atoms with E-state index in [2.05, 4.69) is 0 Å². The van der Waals surface area contributed by atoms with E-state index in [4.69, 9.17) is 9.84 Å².